The first-order valence-electron chi connectivity index (χ1n) is 6.51. The molecule has 0 N–H and O–H groups in total. The second kappa shape index (κ2) is 7.77. The minimum atomic E-state index is 0.553. The lowest BCUT2D eigenvalue weighted by Gasteiger charge is -1.91. The van der Waals surface area contributed by atoms with Crippen LogP contribution in [0, 0.1) is 46.3 Å². The summed E-state index contributed by atoms with van der Waals surface area (Å²) in [4.78, 5) is 0. The van der Waals surface area contributed by atoms with E-state index < -0.39 is 0 Å². The molecule has 22 heavy (non-hydrogen) atoms. The summed E-state index contributed by atoms with van der Waals surface area (Å²) < 4.78 is 0. The molecule has 0 unspecified atom stereocenters. The molecule has 0 heterocycles. The van der Waals surface area contributed by atoms with Crippen LogP contribution in [0.5, 0.6) is 0 Å². The number of nitrogens with zero attached hydrogens (tertiary/aromatic N) is 2. The Bertz CT molecular complexity index is 837. The van der Waals surface area contributed by atoms with Gasteiger partial charge >= 0.3 is 0 Å². The minimum Gasteiger partial charge on any atom is -0.192 e. The number of benzene rings is 2. The highest BCUT2D eigenvalue weighted by atomic mass is 14.2. The minimum absolute atomic E-state index is 0.553. The van der Waals surface area contributed by atoms with Crippen molar-refractivity contribution in [2.24, 2.45) is 0 Å². The molecule has 2 nitrogen and oxygen atoms in total. The Morgan fingerprint density at radius 1 is 0.591 bits per heavy atom. The molecule has 0 aliphatic rings. The Hall–Kier alpha value is -3.72. The second-order valence-electron chi connectivity index (χ2n) is 4.19. The zero-order chi connectivity index (χ0) is 15.6. The van der Waals surface area contributed by atoms with Crippen LogP contribution in [-0.4, -0.2) is 0 Å². The Morgan fingerprint density at radius 2 is 0.955 bits per heavy atom. The maximum absolute atomic E-state index is 8.95. The van der Waals surface area contributed by atoms with Crippen LogP contribution in [0.4, 0.5) is 0 Å². The van der Waals surface area contributed by atoms with Crippen molar-refractivity contribution in [2.75, 3.05) is 0 Å². The Morgan fingerprint density at radius 3 is 1.32 bits per heavy atom. The Labute approximate surface area is 130 Å². The lowest BCUT2D eigenvalue weighted by molar-refractivity contribution is 1.47. The fourth-order valence-corrected chi connectivity index (χ4v) is 1.70. The molecule has 0 radical (unpaired) electrons. The molecule has 0 spiro atoms. The molecule has 0 aliphatic heterocycles. The SMILES string of the molecule is N#Cc1ccccc1C#CC=CC#Cc1ccccc1C#N. The summed E-state index contributed by atoms with van der Waals surface area (Å²) in [5.74, 6) is 11.5. The normalized spacial score (nSPS) is 8.82. The van der Waals surface area contributed by atoms with Crippen LogP contribution in [0.1, 0.15) is 22.3 Å². The third-order valence-electron chi connectivity index (χ3n) is 2.76. The van der Waals surface area contributed by atoms with Crippen molar-refractivity contribution in [3.05, 3.63) is 82.9 Å². The van der Waals surface area contributed by atoms with Gasteiger partial charge in [0.25, 0.3) is 0 Å². The Kier molecular flexibility index (Phi) is 5.19. The van der Waals surface area contributed by atoms with Crippen LogP contribution in [-0.2, 0) is 0 Å². The monoisotopic (exact) mass is 278 g/mol. The van der Waals surface area contributed by atoms with E-state index in [0.717, 1.165) is 0 Å². The van der Waals surface area contributed by atoms with E-state index in [0.29, 0.717) is 22.3 Å². The standard InChI is InChI=1S/C20H10N2/c21-15-19-13-7-5-11-17(19)9-3-1-2-4-10-18-12-6-8-14-20(18)16-22/h1-2,5-8,11-14H. The molecule has 2 aromatic carbocycles. The molecule has 0 saturated heterocycles. The predicted molar refractivity (Wildman–Crippen MR) is 85.2 cm³/mol. The van der Waals surface area contributed by atoms with Crippen LogP contribution in [0.2, 0.25) is 0 Å². The van der Waals surface area contributed by atoms with Gasteiger partial charge in [0.05, 0.1) is 11.1 Å². The van der Waals surface area contributed by atoms with Gasteiger partial charge < -0.3 is 0 Å². The van der Waals surface area contributed by atoms with Gasteiger partial charge in [-0.2, -0.15) is 10.5 Å². The summed E-state index contributed by atoms with van der Waals surface area (Å²) in [6, 6.07) is 18.5. The average molecular weight is 278 g/mol. The quantitative estimate of drug-likeness (QED) is 0.693. The Balaban J connectivity index is 2.10. The van der Waals surface area contributed by atoms with Crippen molar-refractivity contribution in [1.29, 1.82) is 10.5 Å². The van der Waals surface area contributed by atoms with Crippen molar-refractivity contribution in [1.82, 2.24) is 0 Å². The molecule has 0 aromatic heterocycles. The molecule has 100 valence electrons. The maximum Gasteiger partial charge on any atom is 0.100 e. The van der Waals surface area contributed by atoms with Gasteiger partial charge in [0.1, 0.15) is 12.1 Å². The van der Waals surface area contributed by atoms with E-state index in [2.05, 4.69) is 35.8 Å². The molecule has 0 saturated carbocycles. The molecule has 2 aromatic rings. The van der Waals surface area contributed by atoms with E-state index in [1.165, 1.54) is 0 Å². The first-order valence-corrected chi connectivity index (χ1v) is 6.51. The van der Waals surface area contributed by atoms with E-state index in [4.69, 9.17) is 10.5 Å². The van der Waals surface area contributed by atoms with Crippen molar-refractivity contribution >= 4 is 0 Å². The molecule has 0 bridgehead atoms. The van der Waals surface area contributed by atoms with Crippen LogP contribution in [0.3, 0.4) is 0 Å². The fourth-order valence-electron chi connectivity index (χ4n) is 1.70. The van der Waals surface area contributed by atoms with E-state index >= 15 is 0 Å². The summed E-state index contributed by atoms with van der Waals surface area (Å²) in [5, 5.41) is 17.9. The highest BCUT2D eigenvalue weighted by Crippen LogP contribution is 2.05. The average Bonchev–Trinajstić information content (AvgIpc) is 2.58. The predicted octanol–water partition coefficient (Wildman–Crippen LogP) is 3.39. The summed E-state index contributed by atoms with van der Waals surface area (Å²) in [6.07, 6.45) is 3.24. The van der Waals surface area contributed by atoms with Crippen molar-refractivity contribution in [3.63, 3.8) is 0 Å². The molecule has 0 atom stereocenters. The summed E-state index contributed by atoms with van der Waals surface area (Å²) >= 11 is 0. The molecule has 2 heteroatoms. The van der Waals surface area contributed by atoms with Gasteiger partial charge in [0.15, 0.2) is 0 Å². The second-order valence-corrected chi connectivity index (χ2v) is 4.19. The van der Waals surface area contributed by atoms with Crippen LogP contribution in [0.15, 0.2) is 60.7 Å². The van der Waals surface area contributed by atoms with Gasteiger partial charge in [-0.25, -0.2) is 0 Å². The number of hydrogen-bond acceptors (Lipinski definition) is 2. The summed E-state index contributed by atoms with van der Waals surface area (Å²) in [6.45, 7) is 0. The lowest BCUT2D eigenvalue weighted by Crippen LogP contribution is -1.81. The zero-order valence-electron chi connectivity index (χ0n) is 11.7. The van der Waals surface area contributed by atoms with Crippen molar-refractivity contribution < 1.29 is 0 Å². The topological polar surface area (TPSA) is 47.6 Å². The van der Waals surface area contributed by atoms with Gasteiger partial charge in [-0.3, -0.25) is 0 Å². The fraction of sp³-hybridized carbons (Fsp3) is 0. The zero-order valence-corrected chi connectivity index (χ0v) is 11.7. The highest BCUT2D eigenvalue weighted by molar-refractivity contribution is 5.50. The largest absolute Gasteiger partial charge is 0.192 e. The maximum atomic E-state index is 8.95. The van der Waals surface area contributed by atoms with Gasteiger partial charge in [-0.05, 0) is 36.4 Å². The third kappa shape index (κ3) is 3.88. The number of hydrogen-bond donors (Lipinski definition) is 0. The number of rotatable bonds is 0. The van der Waals surface area contributed by atoms with Gasteiger partial charge in [-0.1, -0.05) is 47.9 Å². The lowest BCUT2D eigenvalue weighted by atomic mass is 10.1. The molecule has 0 amide bonds. The number of nitriles is 2. The summed E-state index contributed by atoms with van der Waals surface area (Å²) in [5.41, 5.74) is 2.49. The van der Waals surface area contributed by atoms with Gasteiger partial charge in [-0.15, -0.1) is 0 Å². The van der Waals surface area contributed by atoms with Gasteiger partial charge in [0, 0.05) is 11.1 Å². The van der Waals surface area contributed by atoms with E-state index in [9.17, 15) is 0 Å². The molecular weight excluding hydrogens is 268 g/mol. The molecular formula is C20H10N2. The molecule has 0 fully saturated rings. The van der Waals surface area contributed by atoms with Crippen LogP contribution < -0.4 is 0 Å². The van der Waals surface area contributed by atoms with Crippen LogP contribution >= 0.6 is 0 Å². The molecule has 2 rings (SSSR count). The third-order valence-corrected chi connectivity index (χ3v) is 2.76. The first-order chi connectivity index (χ1) is 10.8. The van der Waals surface area contributed by atoms with Crippen molar-refractivity contribution in [3.8, 4) is 35.8 Å². The van der Waals surface area contributed by atoms with E-state index in [1.807, 2.05) is 12.1 Å². The highest BCUT2D eigenvalue weighted by Gasteiger charge is 1.95. The van der Waals surface area contributed by atoms with E-state index in [-0.39, 0.29) is 0 Å². The summed E-state index contributed by atoms with van der Waals surface area (Å²) in [7, 11) is 0. The first kappa shape index (κ1) is 14.7. The van der Waals surface area contributed by atoms with Crippen molar-refractivity contribution in [2.45, 2.75) is 0 Å². The smallest absolute Gasteiger partial charge is 0.100 e. The number of allylic oxidation sites excluding steroid dienone is 2. The molecule has 0 aliphatic carbocycles. The van der Waals surface area contributed by atoms with E-state index in [1.54, 1.807) is 48.6 Å². The van der Waals surface area contributed by atoms with Crippen LogP contribution in [0.25, 0.3) is 0 Å². The van der Waals surface area contributed by atoms with Gasteiger partial charge in [0.2, 0.25) is 0 Å².